The van der Waals surface area contributed by atoms with E-state index < -0.39 is 0 Å². The van der Waals surface area contributed by atoms with Crippen LogP contribution in [0.1, 0.15) is 5.56 Å². The number of methoxy groups -OCH3 is 1. The van der Waals surface area contributed by atoms with Gasteiger partial charge in [0.2, 0.25) is 0 Å². The van der Waals surface area contributed by atoms with Crippen LogP contribution in [0.5, 0.6) is 5.75 Å². The number of hydrogen-bond donors (Lipinski definition) is 0. The zero-order valence-corrected chi connectivity index (χ0v) is 11.9. The Morgan fingerprint density at radius 1 is 1.05 bits per heavy atom. The molecule has 106 valence electrons. The Hall–Kier alpha value is -3.26. The Morgan fingerprint density at radius 2 is 1.86 bits per heavy atom. The molecule has 2 aromatic carbocycles. The smallest absolute Gasteiger partial charge is 0.119 e. The van der Waals surface area contributed by atoms with Crippen molar-refractivity contribution in [3.63, 3.8) is 0 Å². The van der Waals surface area contributed by atoms with Crippen LogP contribution in [0.25, 0.3) is 10.9 Å². The van der Waals surface area contributed by atoms with Crippen LogP contribution in [-0.2, 0) is 0 Å². The van der Waals surface area contributed by atoms with Crippen molar-refractivity contribution in [2.45, 2.75) is 0 Å². The summed E-state index contributed by atoms with van der Waals surface area (Å²) >= 11 is 0. The molecule has 0 saturated carbocycles. The Morgan fingerprint density at radius 3 is 2.59 bits per heavy atom. The number of benzene rings is 2. The second-order valence-corrected chi connectivity index (χ2v) is 4.54. The minimum atomic E-state index is 0.475. The zero-order valence-electron chi connectivity index (χ0n) is 11.9. The lowest BCUT2D eigenvalue weighted by Crippen LogP contribution is -1.83. The SMILES string of the molecule is COc1ccc(N=Nc2ccc3ncccc3c2C#N)cc1. The predicted molar refractivity (Wildman–Crippen MR) is 83.6 cm³/mol. The lowest BCUT2D eigenvalue weighted by Gasteiger charge is -2.02. The summed E-state index contributed by atoms with van der Waals surface area (Å²) < 4.78 is 5.09. The molecule has 0 aliphatic heterocycles. The van der Waals surface area contributed by atoms with Crippen molar-refractivity contribution >= 4 is 22.3 Å². The highest BCUT2D eigenvalue weighted by Gasteiger charge is 2.07. The van der Waals surface area contributed by atoms with E-state index >= 15 is 0 Å². The second-order valence-electron chi connectivity index (χ2n) is 4.54. The Labute approximate surface area is 127 Å². The fourth-order valence-electron chi connectivity index (χ4n) is 2.10. The second kappa shape index (κ2) is 6.02. The van der Waals surface area contributed by atoms with Crippen molar-refractivity contribution in [1.29, 1.82) is 5.26 Å². The van der Waals surface area contributed by atoms with Crippen LogP contribution in [0.15, 0.2) is 65.0 Å². The first-order chi connectivity index (χ1) is 10.8. The number of nitriles is 1. The monoisotopic (exact) mass is 288 g/mol. The van der Waals surface area contributed by atoms with Crippen molar-refractivity contribution in [2.24, 2.45) is 10.2 Å². The highest BCUT2D eigenvalue weighted by atomic mass is 16.5. The van der Waals surface area contributed by atoms with Gasteiger partial charge in [0, 0.05) is 11.6 Å². The van der Waals surface area contributed by atoms with Gasteiger partial charge in [0.1, 0.15) is 17.5 Å². The van der Waals surface area contributed by atoms with E-state index in [0.29, 0.717) is 16.9 Å². The lowest BCUT2D eigenvalue weighted by molar-refractivity contribution is 0.415. The fourth-order valence-corrected chi connectivity index (χ4v) is 2.10. The number of azo groups is 1. The zero-order chi connectivity index (χ0) is 15.4. The van der Waals surface area contributed by atoms with Gasteiger partial charge in [0.05, 0.1) is 23.9 Å². The first-order valence-electron chi connectivity index (χ1n) is 6.65. The van der Waals surface area contributed by atoms with Crippen molar-refractivity contribution in [3.05, 3.63) is 60.3 Å². The largest absolute Gasteiger partial charge is 0.497 e. The van der Waals surface area contributed by atoms with E-state index in [1.807, 2.05) is 24.3 Å². The molecule has 0 saturated heterocycles. The number of fused-ring (bicyclic) bond motifs is 1. The maximum absolute atomic E-state index is 9.39. The molecule has 0 atom stereocenters. The molecule has 1 heterocycles. The first-order valence-corrected chi connectivity index (χ1v) is 6.65. The molecule has 22 heavy (non-hydrogen) atoms. The quantitative estimate of drug-likeness (QED) is 0.665. The van der Waals surface area contributed by atoms with Crippen LogP contribution in [0.2, 0.25) is 0 Å². The molecule has 5 nitrogen and oxygen atoms in total. The van der Waals surface area contributed by atoms with Crippen LogP contribution in [0, 0.1) is 11.3 Å². The van der Waals surface area contributed by atoms with Crippen LogP contribution >= 0.6 is 0 Å². The third kappa shape index (κ3) is 2.63. The maximum Gasteiger partial charge on any atom is 0.119 e. The van der Waals surface area contributed by atoms with E-state index in [1.54, 1.807) is 37.6 Å². The molecular formula is C17H12N4O. The van der Waals surface area contributed by atoms with Gasteiger partial charge >= 0.3 is 0 Å². The number of rotatable bonds is 3. The number of aromatic nitrogens is 1. The molecule has 0 bridgehead atoms. The summed E-state index contributed by atoms with van der Waals surface area (Å²) in [5.74, 6) is 0.758. The lowest BCUT2D eigenvalue weighted by atomic mass is 10.1. The van der Waals surface area contributed by atoms with Gasteiger partial charge in [0.25, 0.3) is 0 Å². The third-order valence-corrected chi connectivity index (χ3v) is 3.22. The number of ether oxygens (including phenoxy) is 1. The van der Waals surface area contributed by atoms with E-state index in [0.717, 1.165) is 16.7 Å². The summed E-state index contributed by atoms with van der Waals surface area (Å²) in [6, 6.07) is 16.6. The number of hydrogen-bond acceptors (Lipinski definition) is 5. The minimum Gasteiger partial charge on any atom is -0.497 e. The Balaban J connectivity index is 1.99. The maximum atomic E-state index is 9.39. The van der Waals surface area contributed by atoms with Gasteiger partial charge in [0.15, 0.2) is 0 Å². The summed E-state index contributed by atoms with van der Waals surface area (Å²) in [5, 5.41) is 18.5. The van der Waals surface area contributed by atoms with E-state index in [9.17, 15) is 5.26 Å². The molecule has 0 aliphatic carbocycles. The molecule has 0 spiro atoms. The summed E-state index contributed by atoms with van der Waals surface area (Å²) in [5.41, 5.74) is 2.46. The fraction of sp³-hybridized carbons (Fsp3) is 0.0588. The molecule has 3 aromatic rings. The van der Waals surface area contributed by atoms with Crippen molar-refractivity contribution < 1.29 is 4.74 Å². The molecular weight excluding hydrogens is 276 g/mol. The topological polar surface area (TPSA) is 70.6 Å². The van der Waals surface area contributed by atoms with Gasteiger partial charge in [-0.15, -0.1) is 5.11 Å². The third-order valence-electron chi connectivity index (χ3n) is 3.22. The highest BCUT2D eigenvalue weighted by molar-refractivity contribution is 5.89. The minimum absolute atomic E-state index is 0.475. The van der Waals surface area contributed by atoms with E-state index in [-0.39, 0.29) is 0 Å². The molecule has 0 radical (unpaired) electrons. The standard InChI is InChI=1S/C17H12N4O/c1-22-13-6-4-12(5-7-13)20-21-17-9-8-16-14(15(17)11-18)3-2-10-19-16/h2-10H,1H3. The van der Waals surface area contributed by atoms with Gasteiger partial charge < -0.3 is 4.74 Å². The van der Waals surface area contributed by atoms with Gasteiger partial charge in [-0.05, 0) is 48.5 Å². The van der Waals surface area contributed by atoms with Gasteiger partial charge in [-0.25, -0.2) is 0 Å². The van der Waals surface area contributed by atoms with Gasteiger partial charge in [-0.3, -0.25) is 4.98 Å². The Bertz CT molecular complexity index is 879. The van der Waals surface area contributed by atoms with Crippen molar-refractivity contribution in [3.8, 4) is 11.8 Å². The first kappa shape index (κ1) is 13.7. The van der Waals surface area contributed by atoms with Crippen LogP contribution in [-0.4, -0.2) is 12.1 Å². The molecule has 1 aromatic heterocycles. The Kier molecular flexibility index (Phi) is 3.75. The van der Waals surface area contributed by atoms with Crippen molar-refractivity contribution in [2.75, 3.05) is 7.11 Å². The average molecular weight is 288 g/mol. The van der Waals surface area contributed by atoms with Gasteiger partial charge in [-0.1, -0.05) is 0 Å². The summed E-state index contributed by atoms with van der Waals surface area (Å²) in [4.78, 5) is 4.23. The highest BCUT2D eigenvalue weighted by Crippen LogP contribution is 2.28. The van der Waals surface area contributed by atoms with Gasteiger partial charge in [-0.2, -0.15) is 10.4 Å². The molecule has 0 unspecified atom stereocenters. The van der Waals surface area contributed by atoms with E-state index in [4.69, 9.17) is 4.74 Å². The number of pyridine rings is 1. The normalized spacial score (nSPS) is 10.7. The molecule has 0 amide bonds. The summed E-state index contributed by atoms with van der Waals surface area (Å²) in [7, 11) is 1.61. The van der Waals surface area contributed by atoms with Crippen molar-refractivity contribution in [1.82, 2.24) is 4.98 Å². The van der Waals surface area contributed by atoms with Crippen LogP contribution in [0.3, 0.4) is 0 Å². The van der Waals surface area contributed by atoms with E-state index in [1.165, 1.54) is 0 Å². The number of nitrogens with zero attached hydrogens (tertiary/aromatic N) is 4. The van der Waals surface area contributed by atoms with E-state index in [2.05, 4.69) is 21.3 Å². The molecule has 0 aliphatic rings. The molecule has 5 heteroatoms. The van der Waals surface area contributed by atoms with Crippen LogP contribution < -0.4 is 4.74 Å². The summed E-state index contributed by atoms with van der Waals surface area (Å²) in [6.07, 6.45) is 1.70. The molecule has 0 N–H and O–H groups in total. The average Bonchev–Trinajstić information content (AvgIpc) is 2.59. The van der Waals surface area contributed by atoms with Crippen LogP contribution in [0.4, 0.5) is 11.4 Å². The molecule has 0 fully saturated rings. The summed E-state index contributed by atoms with van der Waals surface area (Å²) in [6.45, 7) is 0. The molecule has 3 rings (SSSR count). The predicted octanol–water partition coefficient (Wildman–Crippen LogP) is 4.53.